The van der Waals surface area contributed by atoms with Gasteiger partial charge < -0.3 is 19.7 Å². The molecule has 0 aliphatic carbocycles. The van der Waals surface area contributed by atoms with Crippen molar-refractivity contribution in [2.75, 3.05) is 32.1 Å². The van der Waals surface area contributed by atoms with Gasteiger partial charge >= 0.3 is 11.8 Å². The Kier molecular flexibility index (Phi) is 7.58. The third-order valence-corrected chi connectivity index (χ3v) is 4.59. The SMILES string of the molecule is COc1ccc(NC(=O)COc2ccc(/C=N\NC(=O)C(=O)N3CCCC3)cc2)cc1. The highest BCUT2D eigenvalue weighted by Crippen LogP contribution is 2.15. The fraction of sp³-hybridized carbons (Fsp3) is 0.273. The molecule has 0 atom stereocenters. The molecule has 1 saturated heterocycles. The van der Waals surface area contributed by atoms with Crippen LogP contribution in [0.5, 0.6) is 11.5 Å². The Bertz CT molecular complexity index is 935. The number of rotatable bonds is 7. The Hall–Kier alpha value is -3.88. The van der Waals surface area contributed by atoms with Gasteiger partial charge in [-0.2, -0.15) is 5.10 Å². The number of ether oxygens (including phenoxy) is 2. The third-order valence-electron chi connectivity index (χ3n) is 4.59. The van der Waals surface area contributed by atoms with Crippen molar-refractivity contribution in [1.29, 1.82) is 0 Å². The molecule has 2 aromatic carbocycles. The first kappa shape index (κ1) is 21.8. The number of nitrogens with zero attached hydrogens (tertiary/aromatic N) is 2. The number of anilines is 1. The maximum Gasteiger partial charge on any atom is 0.329 e. The summed E-state index contributed by atoms with van der Waals surface area (Å²) >= 11 is 0. The van der Waals surface area contributed by atoms with E-state index in [0.717, 1.165) is 12.8 Å². The van der Waals surface area contributed by atoms with Gasteiger partial charge in [-0.3, -0.25) is 14.4 Å². The number of amides is 3. The topological polar surface area (TPSA) is 109 Å². The lowest BCUT2D eigenvalue weighted by atomic mass is 10.2. The highest BCUT2D eigenvalue weighted by molar-refractivity contribution is 6.35. The highest BCUT2D eigenvalue weighted by atomic mass is 16.5. The first-order valence-corrected chi connectivity index (χ1v) is 9.84. The zero-order chi connectivity index (χ0) is 22.1. The van der Waals surface area contributed by atoms with Crippen LogP contribution in [0.25, 0.3) is 0 Å². The van der Waals surface area contributed by atoms with Crippen LogP contribution in [-0.2, 0) is 14.4 Å². The number of carbonyl (C=O) groups excluding carboxylic acids is 3. The van der Waals surface area contributed by atoms with Crippen LogP contribution in [-0.4, -0.2) is 55.6 Å². The van der Waals surface area contributed by atoms with Crippen LogP contribution < -0.4 is 20.2 Å². The second kappa shape index (κ2) is 10.8. The molecule has 9 heteroatoms. The van der Waals surface area contributed by atoms with Crippen molar-refractivity contribution in [1.82, 2.24) is 10.3 Å². The molecule has 3 rings (SSSR count). The van der Waals surface area contributed by atoms with E-state index in [1.807, 2.05) is 0 Å². The van der Waals surface area contributed by atoms with E-state index in [-0.39, 0.29) is 12.5 Å². The summed E-state index contributed by atoms with van der Waals surface area (Å²) in [6.07, 6.45) is 3.26. The zero-order valence-electron chi connectivity index (χ0n) is 17.2. The predicted molar refractivity (Wildman–Crippen MR) is 115 cm³/mol. The Labute approximate surface area is 180 Å². The van der Waals surface area contributed by atoms with E-state index in [1.54, 1.807) is 55.6 Å². The predicted octanol–water partition coefficient (Wildman–Crippen LogP) is 1.79. The Morgan fingerprint density at radius 1 is 1.00 bits per heavy atom. The smallest absolute Gasteiger partial charge is 0.329 e. The van der Waals surface area contributed by atoms with Crippen molar-refractivity contribution < 1.29 is 23.9 Å². The van der Waals surface area contributed by atoms with Crippen molar-refractivity contribution in [2.24, 2.45) is 5.10 Å². The molecule has 3 amide bonds. The number of methoxy groups -OCH3 is 1. The summed E-state index contributed by atoms with van der Waals surface area (Å²) in [7, 11) is 1.57. The number of carbonyl (C=O) groups is 3. The first-order valence-electron chi connectivity index (χ1n) is 9.84. The van der Waals surface area contributed by atoms with Crippen LogP contribution in [0, 0.1) is 0 Å². The molecule has 0 unspecified atom stereocenters. The molecule has 0 spiro atoms. The molecule has 31 heavy (non-hydrogen) atoms. The van der Waals surface area contributed by atoms with Gasteiger partial charge in [-0.15, -0.1) is 0 Å². The molecule has 9 nitrogen and oxygen atoms in total. The van der Waals surface area contributed by atoms with Gasteiger partial charge in [0.2, 0.25) is 0 Å². The quantitative estimate of drug-likeness (QED) is 0.400. The number of benzene rings is 2. The average molecular weight is 424 g/mol. The Morgan fingerprint density at radius 2 is 1.65 bits per heavy atom. The van der Waals surface area contributed by atoms with Crippen LogP contribution >= 0.6 is 0 Å². The fourth-order valence-corrected chi connectivity index (χ4v) is 2.95. The van der Waals surface area contributed by atoms with Crippen LogP contribution in [0.15, 0.2) is 53.6 Å². The van der Waals surface area contributed by atoms with Gasteiger partial charge in [-0.1, -0.05) is 0 Å². The van der Waals surface area contributed by atoms with E-state index < -0.39 is 11.8 Å². The van der Waals surface area contributed by atoms with Gasteiger partial charge in [-0.25, -0.2) is 5.43 Å². The van der Waals surface area contributed by atoms with Crippen LogP contribution in [0.4, 0.5) is 5.69 Å². The van der Waals surface area contributed by atoms with Gasteiger partial charge in [0, 0.05) is 18.8 Å². The van der Waals surface area contributed by atoms with Gasteiger partial charge in [0.25, 0.3) is 5.91 Å². The van der Waals surface area contributed by atoms with E-state index in [2.05, 4.69) is 15.8 Å². The first-order chi connectivity index (χ1) is 15.0. The molecule has 162 valence electrons. The molecule has 0 bridgehead atoms. The Balaban J connectivity index is 1.41. The van der Waals surface area contributed by atoms with E-state index in [0.29, 0.717) is 35.8 Å². The molecule has 0 saturated carbocycles. The summed E-state index contributed by atoms with van der Waals surface area (Å²) in [4.78, 5) is 37.2. The molecule has 1 aliphatic heterocycles. The molecule has 1 heterocycles. The number of hydrogen-bond acceptors (Lipinski definition) is 6. The zero-order valence-corrected chi connectivity index (χ0v) is 17.2. The summed E-state index contributed by atoms with van der Waals surface area (Å²) in [5, 5.41) is 6.54. The summed E-state index contributed by atoms with van der Waals surface area (Å²) in [6.45, 7) is 1.07. The van der Waals surface area contributed by atoms with Gasteiger partial charge in [-0.05, 0) is 66.9 Å². The average Bonchev–Trinajstić information content (AvgIpc) is 3.33. The monoisotopic (exact) mass is 424 g/mol. The van der Waals surface area contributed by atoms with Crippen molar-refractivity contribution >= 4 is 29.6 Å². The maximum atomic E-state index is 12.0. The van der Waals surface area contributed by atoms with Crippen molar-refractivity contribution in [3.05, 3.63) is 54.1 Å². The highest BCUT2D eigenvalue weighted by Gasteiger charge is 2.23. The molecular formula is C22H24N4O5. The minimum atomic E-state index is -0.749. The molecule has 2 aromatic rings. The van der Waals surface area contributed by atoms with Crippen molar-refractivity contribution in [3.63, 3.8) is 0 Å². The summed E-state index contributed by atoms with van der Waals surface area (Å²) in [6, 6.07) is 13.8. The molecular weight excluding hydrogens is 400 g/mol. The largest absolute Gasteiger partial charge is 0.497 e. The Morgan fingerprint density at radius 3 is 2.29 bits per heavy atom. The summed E-state index contributed by atoms with van der Waals surface area (Å²) in [5.41, 5.74) is 3.58. The second-order valence-electron chi connectivity index (χ2n) is 6.83. The number of hydrogen-bond donors (Lipinski definition) is 2. The second-order valence-corrected chi connectivity index (χ2v) is 6.83. The third kappa shape index (κ3) is 6.56. The lowest BCUT2D eigenvalue weighted by Crippen LogP contribution is -2.39. The molecule has 2 N–H and O–H groups in total. The number of nitrogens with one attached hydrogen (secondary N) is 2. The van der Waals surface area contributed by atoms with E-state index in [4.69, 9.17) is 9.47 Å². The standard InChI is InChI=1S/C22H24N4O5/c1-30-18-10-6-17(7-11-18)24-20(27)15-31-19-8-4-16(5-9-19)14-23-25-21(28)22(29)26-12-2-3-13-26/h4-11,14H,2-3,12-13,15H2,1H3,(H,24,27)(H,25,28)/b23-14-. The van der Waals surface area contributed by atoms with Gasteiger partial charge in [0.15, 0.2) is 6.61 Å². The summed E-state index contributed by atoms with van der Waals surface area (Å²) < 4.78 is 10.5. The van der Waals surface area contributed by atoms with E-state index >= 15 is 0 Å². The molecule has 1 fully saturated rings. The van der Waals surface area contributed by atoms with Gasteiger partial charge in [0.05, 0.1) is 13.3 Å². The van der Waals surface area contributed by atoms with Crippen molar-refractivity contribution in [2.45, 2.75) is 12.8 Å². The van der Waals surface area contributed by atoms with E-state index in [9.17, 15) is 14.4 Å². The van der Waals surface area contributed by atoms with Crippen molar-refractivity contribution in [3.8, 4) is 11.5 Å². The lowest BCUT2D eigenvalue weighted by molar-refractivity contribution is -0.145. The minimum Gasteiger partial charge on any atom is -0.497 e. The maximum absolute atomic E-state index is 12.0. The lowest BCUT2D eigenvalue weighted by Gasteiger charge is -2.12. The molecule has 1 aliphatic rings. The summed E-state index contributed by atoms with van der Waals surface area (Å²) in [5.74, 6) is -0.389. The van der Waals surface area contributed by atoms with Crippen LogP contribution in [0.2, 0.25) is 0 Å². The molecule has 0 aromatic heterocycles. The minimum absolute atomic E-state index is 0.145. The van der Waals surface area contributed by atoms with Crippen LogP contribution in [0.1, 0.15) is 18.4 Å². The van der Waals surface area contributed by atoms with Gasteiger partial charge in [0.1, 0.15) is 11.5 Å². The fourth-order valence-electron chi connectivity index (χ4n) is 2.95. The number of hydrazone groups is 1. The number of likely N-dealkylation sites (tertiary alicyclic amines) is 1. The van der Waals surface area contributed by atoms with E-state index in [1.165, 1.54) is 11.1 Å². The van der Waals surface area contributed by atoms with Crippen LogP contribution in [0.3, 0.4) is 0 Å². The normalized spacial score (nSPS) is 13.1. The molecule has 0 radical (unpaired) electrons.